The van der Waals surface area contributed by atoms with Crippen LogP contribution in [0.1, 0.15) is 55.8 Å². The first kappa shape index (κ1) is 17.5. The third-order valence-electron chi connectivity index (χ3n) is 4.55. The highest BCUT2D eigenvalue weighted by atomic mass is 16.3. The molecule has 0 radical (unpaired) electrons. The summed E-state index contributed by atoms with van der Waals surface area (Å²) in [6.45, 7) is 2.05. The van der Waals surface area contributed by atoms with Gasteiger partial charge in [-0.3, -0.25) is 9.59 Å². The van der Waals surface area contributed by atoms with Gasteiger partial charge in [0.15, 0.2) is 0 Å². The highest BCUT2D eigenvalue weighted by molar-refractivity contribution is 6.04. The van der Waals surface area contributed by atoms with Gasteiger partial charge in [-0.25, -0.2) is 0 Å². The molecule has 0 atom stereocenters. The maximum atomic E-state index is 12.5. The van der Waals surface area contributed by atoms with Crippen molar-refractivity contribution in [3.8, 4) is 0 Å². The SMILES string of the molecule is CCC(=O)N(C)c1ccccc1C(=O)NCC1(O)CCCCC1. The Hall–Kier alpha value is -1.88. The standard InChI is InChI=1S/C18H26N2O3/c1-3-16(21)20(2)15-10-6-5-9-14(15)17(22)19-13-18(23)11-7-4-8-12-18/h5-6,9-10,23H,3-4,7-8,11-13H2,1-2H3,(H,19,22). The molecule has 1 saturated carbocycles. The molecule has 1 aliphatic carbocycles. The number of rotatable bonds is 5. The molecule has 5 nitrogen and oxygen atoms in total. The molecule has 5 heteroatoms. The van der Waals surface area contributed by atoms with Crippen molar-refractivity contribution in [1.82, 2.24) is 5.32 Å². The Bertz CT molecular complexity index is 565. The maximum Gasteiger partial charge on any atom is 0.253 e. The van der Waals surface area contributed by atoms with Gasteiger partial charge in [-0.1, -0.05) is 38.3 Å². The Balaban J connectivity index is 2.09. The molecule has 0 aromatic heterocycles. The largest absolute Gasteiger partial charge is 0.388 e. The van der Waals surface area contributed by atoms with Crippen molar-refractivity contribution in [2.75, 3.05) is 18.5 Å². The number of carbonyl (C=O) groups is 2. The predicted molar refractivity (Wildman–Crippen MR) is 90.5 cm³/mol. The smallest absolute Gasteiger partial charge is 0.253 e. The van der Waals surface area contributed by atoms with Crippen molar-refractivity contribution < 1.29 is 14.7 Å². The number of anilines is 1. The molecule has 1 aromatic rings. The van der Waals surface area contributed by atoms with Crippen LogP contribution < -0.4 is 10.2 Å². The number of hydrogen-bond acceptors (Lipinski definition) is 3. The summed E-state index contributed by atoms with van der Waals surface area (Å²) >= 11 is 0. The van der Waals surface area contributed by atoms with E-state index in [4.69, 9.17) is 0 Å². The molecule has 0 saturated heterocycles. The van der Waals surface area contributed by atoms with Gasteiger partial charge < -0.3 is 15.3 Å². The number of carbonyl (C=O) groups excluding carboxylic acids is 2. The van der Waals surface area contributed by atoms with E-state index in [1.54, 1.807) is 38.2 Å². The molecule has 0 heterocycles. The fraction of sp³-hybridized carbons (Fsp3) is 0.556. The van der Waals surface area contributed by atoms with Crippen LogP contribution in [0.15, 0.2) is 24.3 Å². The molecule has 2 amide bonds. The Kier molecular flexibility index (Phi) is 5.77. The number of para-hydroxylation sites is 1. The molecule has 2 rings (SSSR count). The van der Waals surface area contributed by atoms with Crippen molar-refractivity contribution in [2.45, 2.75) is 51.0 Å². The van der Waals surface area contributed by atoms with Crippen LogP contribution in [0.5, 0.6) is 0 Å². The van der Waals surface area contributed by atoms with Gasteiger partial charge in [0.05, 0.1) is 16.9 Å². The highest BCUT2D eigenvalue weighted by Crippen LogP contribution is 2.27. The first-order valence-electron chi connectivity index (χ1n) is 8.33. The first-order chi connectivity index (χ1) is 11.0. The van der Waals surface area contributed by atoms with Gasteiger partial charge in [0.2, 0.25) is 5.91 Å². The zero-order valence-corrected chi connectivity index (χ0v) is 14.0. The summed E-state index contributed by atoms with van der Waals surface area (Å²) in [5, 5.41) is 13.3. The van der Waals surface area contributed by atoms with Crippen LogP contribution in [0.25, 0.3) is 0 Å². The maximum absolute atomic E-state index is 12.5. The number of nitrogens with one attached hydrogen (secondary N) is 1. The third-order valence-corrected chi connectivity index (χ3v) is 4.55. The first-order valence-corrected chi connectivity index (χ1v) is 8.33. The van der Waals surface area contributed by atoms with Crippen LogP contribution in [-0.4, -0.2) is 36.1 Å². The highest BCUT2D eigenvalue weighted by Gasteiger charge is 2.30. The molecular formula is C18H26N2O3. The summed E-state index contributed by atoms with van der Waals surface area (Å²) in [5.41, 5.74) is 0.247. The molecule has 23 heavy (non-hydrogen) atoms. The Morgan fingerprint density at radius 2 is 1.87 bits per heavy atom. The zero-order valence-electron chi connectivity index (χ0n) is 14.0. The van der Waals surface area contributed by atoms with Gasteiger partial charge in [0, 0.05) is 20.0 Å². The summed E-state index contributed by atoms with van der Waals surface area (Å²) in [6.07, 6.45) is 4.97. The van der Waals surface area contributed by atoms with E-state index in [0.717, 1.165) is 32.1 Å². The number of amides is 2. The molecular weight excluding hydrogens is 292 g/mol. The fourth-order valence-corrected chi connectivity index (χ4v) is 3.06. The van der Waals surface area contributed by atoms with Crippen molar-refractivity contribution in [3.05, 3.63) is 29.8 Å². The van der Waals surface area contributed by atoms with Crippen LogP contribution in [0, 0.1) is 0 Å². The minimum Gasteiger partial charge on any atom is -0.388 e. The number of aliphatic hydroxyl groups is 1. The lowest BCUT2D eigenvalue weighted by molar-refractivity contribution is -0.118. The molecule has 1 aromatic carbocycles. The molecule has 2 N–H and O–H groups in total. The average Bonchev–Trinajstić information content (AvgIpc) is 2.59. The van der Waals surface area contributed by atoms with Gasteiger partial charge in [-0.2, -0.15) is 0 Å². The molecule has 1 fully saturated rings. The van der Waals surface area contributed by atoms with Crippen LogP contribution >= 0.6 is 0 Å². The Morgan fingerprint density at radius 3 is 2.52 bits per heavy atom. The summed E-state index contributed by atoms with van der Waals surface area (Å²) in [7, 11) is 1.67. The lowest BCUT2D eigenvalue weighted by Crippen LogP contribution is -2.44. The van der Waals surface area contributed by atoms with Crippen LogP contribution in [-0.2, 0) is 4.79 Å². The molecule has 0 aliphatic heterocycles. The van der Waals surface area contributed by atoms with Crippen LogP contribution in [0.4, 0.5) is 5.69 Å². The summed E-state index contributed by atoms with van der Waals surface area (Å²) in [6, 6.07) is 7.05. The topological polar surface area (TPSA) is 69.6 Å². The Labute approximate surface area is 137 Å². The summed E-state index contributed by atoms with van der Waals surface area (Å²) < 4.78 is 0. The number of nitrogens with zero attached hydrogens (tertiary/aromatic N) is 1. The molecule has 1 aliphatic rings. The van der Waals surface area contributed by atoms with E-state index in [1.165, 1.54) is 4.90 Å². The van der Waals surface area contributed by atoms with E-state index in [1.807, 2.05) is 0 Å². The lowest BCUT2D eigenvalue weighted by Gasteiger charge is -2.32. The van der Waals surface area contributed by atoms with Crippen molar-refractivity contribution in [2.24, 2.45) is 0 Å². The van der Waals surface area contributed by atoms with Gasteiger partial charge >= 0.3 is 0 Å². The zero-order chi connectivity index (χ0) is 16.9. The average molecular weight is 318 g/mol. The third kappa shape index (κ3) is 4.32. The van der Waals surface area contributed by atoms with E-state index in [0.29, 0.717) is 17.7 Å². The second-order valence-corrected chi connectivity index (χ2v) is 6.29. The van der Waals surface area contributed by atoms with Crippen LogP contribution in [0.2, 0.25) is 0 Å². The fourth-order valence-electron chi connectivity index (χ4n) is 3.06. The van der Waals surface area contributed by atoms with E-state index in [2.05, 4.69) is 5.32 Å². The van der Waals surface area contributed by atoms with E-state index in [9.17, 15) is 14.7 Å². The summed E-state index contributed by atoms with van der Waals surface area (Å²) in [5.74, 6) is -0.300. The van der Waals surface area contributed by atoms with E-state index in [-0.39, 0.29) is 18.4 Å². The second kappa shape index (κ2) is 7.59. The normalized spacial score (nSPS) is 16.7. The number of hydrogen-bond donors (Lipinski definition) is 2. The monoisotopic (exact) mass is 318 g/mol. The second-order valence-electron chi connectivity index (χ2n) is 6.29. The lowest BCUT2D eigenvalue weighted by atomic mass is 9.85. The predicted octanol–water partition coefficient (Wildman–Crippen LogP) is 2.48. The molecule has 0 unspecified atom stereocenters. The molecule has 126 valence electrons. The Morgan fingerprint density at radius 1 is 1.22 bits per heavy atom. The van der Waals surface area contributed by atoms with Crippen molar-refractivity contribution in [1.29, 1.82) is 0 Å². The van der Waals surface area contributed by atoms with Crippen molar-refractivity contribution >= 4 is 17.5 Å². The van der Waals surface area contributed by atoms with Crippen molar-refractivity contribution in [3.63, 3.8) is 0 Å². The molecule has 0 bridgehead atoms. The van der Waals surface area contributed by atoms with Gasteiger partial charge in [0.25, 0.3) is 5.91 Å². The van der Waals surface area contributed by atoms with Gasteiger partial charge in [-0.05, 0) is 25.0 Å². The van der Waals surface area contributed by atoms with E-state index >= 15 is 0 Å². The van der Waals surface area contributed by atoms with Gasteiger partial charge in [-0.15, -0.1) is 0 Å². The minimum absolute atomic E-state index is 0.0452. The summed E-state index contributed by atoms with van der Waals surface area (Å²) in [4.78, 5) is 25.9. The van der Waals surface area contributed by atoms with E-state index < -0.39 is 5.60 Å². The quantitative estimate of drug-likeness (QED) is 0.876. The molecule has 0 spiro atoms. The number of benzene rings is 1. The van der Waals surface area contributed by atoms with Crippen LogP contribution in [0.3, 0.4) is 0 Å². The minimum atomic E-state index is -0.798. The van der Waals surface area contributed by atoms with Gasteiger partial charge in [0.1, 0.15) is 0 Å².